The number of β-amino-alcohol motifs (C(OH)–C–C–N with tert-alkyl or cyclic N) is 1. The van der Waals surface area contributed by atoms with Crippen molar-refractivity contribution in [1.29, 1.82) is 0 Å². The molecule has 3 heteroatoms. The second kappa shape index (κ2) is 3.91. The first-order chi connectivity index (χ1) is 7.09. The van der Waals surface area contributed by atoms with Gasteiger partial charge in [-0.05, 0) is 37.1 Å². The Labute approximate surface area is 89.1 Å². The van der Waals surface area contributed by atoms with Crippen molar-refractivity contribution in [2.24, 2.45) is 0 Å². The summed E-state index contributed by atoms with van der Waals surface area (Å²) in [7, 11) is 0. The smallest absolute Gasteiger partial charge is 0.126 e. The topological polar surface area (TPSA) is 32.3 Å². The van der Waals surface area contributed by atoms with E-state index in [0.29, 0.717) is 18.5 Å². The molecule has 2 rings (SSSR count). The van der Waals surface area contributed by atoms with Crippen LogP contribution in [0.2, 0.25) is 0 Å². The van der Waals surface area contributed by atoms with Crippen molar-refractivity contribution in [1.82, 2.24) is 5.32 Å². The lowest BCUT2D eigenvalue weighted by Crippen LogP contribution is -2.33. The van der Waals surface area contributed by atoms with E-state index < -0.39 is 5.60 Å². The first kappa shape index (κ1) is 10.6. The van der Waals surface area contributed by atoms with Crippen LogP contribution in [0.15, 0.2) is 18.2 Å². The number of rotatable bonds is 2. The van der Waals surface area contributed by atoms with E-state index in [0.717, 1.165) is 18.5 Å². The lowest BCUT2D eigenvalue weighted by atomic mass is 9.93. The van der Waals surface area contributed by atoms with Crippen molar-refractivity contribution in [3.05, 3.63) is 35.1 Å². The standard InChI is InChI=1S/C12H16FNO/c1-9-2-3-10(6-11(9)13)7-12(15)4-5-14-8-12/h2-3,6,14-15H,4-5,7-8H2,1H3. The Morgan fingerprint density at radius 3 is 2.93 bits per heavy atom. The van der Waals surface area contributed by atoms with Gasteiger partial charge >= 0.3 is 0 Å². The average Bonchev–Trinajstić information content (AvgIpc) is 2.59. The van der Waals surface area contributed by atoms with Crippen LogP contribution in [0.1, 0.15) is 17.5 Å². The fraction of sp³-hybridized carbons (Fsp3) is 0.500. The minimum Gasteiger partial charge on any atom is -0.388 e. The van der Waals surface area contributed by atoms with Crippen LogP contribution in [-0.4, -0.2) is 23.8 Å². The fourth-order valence-corrected chi connectivity index (χ4v) is 2.01. The predicted octanol–water partition coefficient (Wildman–Crippen LogP) is 1.40. The normalized spacial score (nSPS) is 25.8. The van der Waals surface area contributed by atoms with E-state index in [4.69, 9.17) is 0 Å². The highest BCUT2D eigenvalue weighted by Crippen LogP contribution is 2.21. The van der Waals surface area contributed by atoms with Crippen molar-refractivity contribution in [2.45, 2.75) is 25.4 Å². The van der Waals surface area contributed by atoms with Crippen molar-refractivity contribution in [2.75, 3.05) is 13.1 Å². The molecule has 0 radical (unpaired) electrons. The average molecular weight is 209 g/mol. The Balaban J connectivity index is 2.13. The molecule has 1 unspecified atom stereocenters. The largest absolute Gasteiger partial charge is 0.388 e. The van der Waals surface area contributed by atoms with Crippen molar-refractivity contribution in [3.8, 4) is 0 Å². The molecule has 0 aliphatic carbocycles. The first-order valence-corrected chi connectivity index (χ1v) is 5.27. The van der Waals surface area contributed by atoms with Gasteiger partial charge in [-0.15, -0.1) is 0 Å². The highest BCUT2D eigenvalue weighted by Gasteiger charge is 2.31. The van der Waals surface area contributed by atoms with Crippen molar-refractivity contribution >= 4 is 0 Å². The summed E-state index contributed by atoms with van der Waals surface area (Å²) in [6.45, 7) is 3.18. The maximum atomic E-state index is 13.3. The minimum atomic E-state index is -0.693. The van der Waals surface area contributed by atoms with E-state index in [9.17, 15) is 9.50 Å². The zero-order valence-electron chi connectivity index (χ0n) is 8.89. The van der Waals surface area contributed by atoms with Crippen LogP contribution in [0.4, 0.5) is 4.39 Å². The number of halogens is 1. The summed E-state index contributed by atoms with van der Waals surface area (Å²) in [6, 6.07) is 5.16. The van der Waals surface area contributed by atoms with E-state index in [-0.39, 0.29) is 5.82 Å². The number of hydrogen-bond donors (Lipinski definition) is 2. The Bertz CT molecular complexity index is 359. The highest BCUT2D eigenvalue weighted by molar-refractivity contribution is 5.25. The van der Waals surface area contributed by atoms with Crippen molar-refractivity contribution < 1.29 is 9.50 Å². The third-order valence-corrected chi connectivity index (χ3v) is 2.99. The summed E-state index contributed by atoms with van der Waals surface area (Å²) >= 11 is 0. The Morgan fingerprint density at radius 2 is 2.33 bits per heavy atom. The highest BCUT2D eigenvalue weighted by atomic mass is 19.1. The van der Waals surface area contributed by atoms with Gasteiger partial charge in [0.05, 0.1) is 5.60 Å². The molecular weight excluding hydrogens is 193 g/mol. The molecule has 2 nitrogen and oxygen atoms in total. The van der Waals surface area contributed by atoms with E-state index in [1.807, 2.05) is 6.07 Å². The van der Waals surface area contributed by atoms with E-state index in [1.165, 1.54) is 6.07 Å². The zero-order chi connectivity index (χ0) is 10.9. The fourth-order valence-electron chi connectivity index (χ4n) is 2.01. The summed E-state index contributed by atoms with van der Waals surface area (Å²) in [6.07, 6.45) is 1.26. The van der Waals surface area contributed by atoms with Gasteiger partial charge in [0.25, 0.3) is 0 Å². The Kier molecular flexibility index (Phi) is 2.76. The summed E-state index contributed by atoms with van der Waals surface area (Å²) in [5.41, 5.74) is 0.821. The molecule has 0 amide bonds. The van der Waals surface area contributed by atoms with Gasteiger partial charge in [0.2, 0.25) is 0 Å². The molecule has 15 heavy (non-hydrogen) atoms. The van der Waals surface area contributed by atoms with Crippen LogP contribution in [0.5, 0.6) is 0 Å². The van der Waals surface area contributed by atoms with Gasteiger partial charge in [0, 0.05) is 13.0 Å². The van der Waals surface area contributed by atoms with Gasteiger partial charge in [-0.1, -0.05) is 12.1 Å². The predicted molar refractivity (Wildman–Crippen MR) is 57.3 cm³/mol. The van der Waals surface area contributed by atoms with Gasteiger partial charge in [0.15, 0.2) is 0 Å². The maximum Gasteiger partial charge on any atom is 0.126 e. The van der Waals surface area contributed by atoms with Crippen molar-refractivity contribution in [3.63, 3.8) is 0 Å². The SMILES string of the molecule is Cc1ccc(CC2(O)CCNC2)cc1F. The zero-order valence-corrected chi connectivity index (χ0v) is 8.89. The lowest BCUT2D eigenvalue weighted by molar-refractivity contribution is 0.0618. The van der Waals surface area contributed by atoms with E-state index in [1.54, 1.807) is 13.0 Å². The third-order valence-electron chi connectivity index (χ3n) is 2.99. The molecule has 1 aliphatic heterocycles. The van der Waals surface area contributed by atoms with Gasteiger partial charge in [0.1, 0.15) is 5.82 Å². The molecule has 0 spiro atoms. The minimum absolute atomic E-state index is 0.193. The van der Waals surface area contributed by atoms with E-state index in [2.05, 4.69) is 5.32 Å². The second-order valence-electron chi connectivity index (χ2n) is 4.41. The molecule has 1 atom stereocenters. The quantitative estimate of drug-likeness (QED) is 0.771. The Morgan fingerprint density at radius 1 is 1.53 bits per heavy atom. The number of benzene rings is 1. The molecular formula is C12H16FNO. The van der Waals surface area contributed by atoms with Crippen LogP contribution < -0.4 is 5.32 Å². The molecule has 0 bridgehead atoms. The summed E-state index contributed by atoms with van der Waals surface area (Å²) < 4.78 is 13.3. The molecule has 0 aromatic heterocycles. The first-order valence-electron chi connectivity index (χ1n) is 5.27. The number of nitrogens with one attached hydrogen (secondary N) is 1. The van der Waals surface area contributed by atoms with Crippen LogP contribution in [0.3, 0.4) is 0 Å². The number of hydrogen-bond acceptors (Lipinski definition) is 2. The molecule has 2 N–H and O–H groups in total. The summed E-state index contributed by atoms with van der Waals surface area (Å²) in [5, 5.41) is 13.2. The van der Waals surface area contributed by atoms with Crippen LogP contribution in [-0.2, 0) is 6.42 Å². The molecule has 1 aromatic carbocycles. The molecule has 1 saturated heterocycles. The molecule has 1 fully saturated rings. The molecule has 82 valence electrons. The lowest BCUT2D eigenvalue weighted by Gasteiger charge is -2.21. The van der Waals surface area contributed by atoms with E-state index >= 15 is 0 Å². The Hall–Kier alpha value is -0.930. The van der Waals surface area contributed by atoms with Crippen LogP contribution in [0, 0.1) is 12.7 Å². The maximum absolute atomic E-state index is 13.3. The van der Waals surface area contributed by atoms with Crippen LogP contribution >= 0.6 is 0 Å². The molecule has 1 aromatic rings. The number of aliphatic hydroxyl groups is 1. The van der Waals surface area contributed by atoms with Gasteiger partial charge in [-0.2, -0.15) is 0 Å². The summed E-state index contributed by atoms with van der Waals surface area (Å²) in [4.78, 5) is 0. The molecule has 1 heterocycles. The van der Waals surface area contributed by atoms with Gasteiger partial charge in [-0.3, -0.25) is 0 Å². The number of aryl methyl sites for hydroxylation is 1. The van der Waals surface area contributed by atoms with Crippen LogP contribution in [0.25, 0.3) is 0 Å². The third kappa shape index (κ3) is 2.36. The van der Waals surface area contributed by atoms with Gasteiger partial charge in [-0.25, -0.2) is 4.39 Å². The summed E-state index contributed by atoms with van der Waals surface area (Å²) in [5.74, 6) is -0.193. The second-order valence-corrected chi connectivity index (χ2v) is 4.41. The molecule has 1 aliphatic rings. The monoisotopic (exact) mass is 209 g/mol. The van der Waals surface area contributed by atoms with Gasteiger partial charge < -0.3 is 10.4 Å². The molecule has 0 saturated carbocycles.